The lowest BCUT2D eigenvalue weighted by Crippen LogP contribution is -2.16. The van der Waals surface area contributed by atoms with Crippen molar-refractivity contribution in [3.63, 3.8) is 0 Å². The standard InChI is InChI=1S/C15H19NO4S/c1-3-4-5-21-8-15(18)16-12-7-14-13(19-9-20-14)6-11(12)10(2)17/h6-7H,3-5,8-9H2,1-2H3,(H,16,18). The van der Waals surface area contributed by atoms with Crippen LogP contribution in [-0.4, -0.2) is 30.0 Å². The Morgan fingerprint density at radius 1 is 1.29 bits per heavy atom. The van der Waals surface area contributed by atoms with Gasteiger partial charge in [-0.05, 0) is 25.2 Å². The average Bonchev–Trinajstić information content (AvgIpc) is 2.89. The number of nitrogens with one attached hydrogen (secondary N) is 1. The Bertz CT molecular complexity index is 545. The smallest absolute Gasteiger partial charge is 0.234 e. The number of thioether (sulfide) groups is 1. The molecule has 0 atom stereocenters. The van der Waals surface area contributed by atoms with E-state index in [4.69, 9.17) is 9.47 Å². The Morgan fingerprint density at radius 2 is 2.00 bits per heavy atom. The molecule has 0 saturated carbocycles. The number of carbonyl (C=O) groups is 2. The molecular weight excluding hydrogens is 290 g/mol. The van der Waals surface area contributed by atoms with Crippen molar-refractivity contribution in [3.8, 4) is 11.5 Å². The molecule has 6 heteroatoms. The molecule has 0 radical (unpaired) electrons. The normalized spacial score (nSPS) is 12.3. The molecule has 1 heterocycles. The van der Waals surface area contributed by atoms with Gasteiger partial charge in [0.05, 0.1) is 11.4 Å². The van der Waals surface area contributed by atoms with Crippen molar-refractivity contribution in [1.29, 1.82) is 0 Å². The van der Waals surface area contributed by atoms with Crippen LogP contribution in [0, 0.1) is 0 Å². The summed E-state index contributed by atoms with van der Waals surface area (Å²) in [5.74, 6) is 2.19. The van der Waals surface area contributed by atoms with E-state index in [1.54, 1.807) is 23.9 Å². The number of benzene rings is 1. The zero-order chi connectivity index (χ0) is 15.2. The van der Waals surface area contributed by atoms with Gasteiger partial charge in [0.15, 0.2) is 17.3 Å². The molecule has 1 N–H and O–H groups in total. The summed E-state index contributed by atoms with van der Waals surface area (Å²) in [6.45, 7) is 3.71. The van der Waals surface area contributed by atoms with Crippen LogP contribution < -0.4 is 14.8 Å². The molecule has 1 aliphatic heterocycles. The number of hydrogen-bond acceptors (Lipinski definition) is 5. The van der Waals surface area contributed by atoms with Crippen molar-refractivity contribution in [2.45, 2.75) is 26.7 Å². The Labute approximate surface area is 128 Å². The van der Waals surface area contributed by atoms with Gasteiger partial charge in [0.1, 0.15) is 0 Å². The highest BCUT2D eigenvalue weighted by atomic mass is 32.2. The number of Topliss-reactive ketones (excluding diaryl/α,β-unsaturated/α-hetero) is 1. The Kier molecular flexibility index (Phi) is 5.50. The molecule has 0 unspecified atom stereocenters. The third-order valence-corrected chi connectivity index (χ3v) is 4.09. The van der Waals surface area contributed by atoms with Crippen LogP contribution in [0.3, 0.4) is 0 Å². The third kappa shape index (κ3) is 4.14. The van der Waals surface area contributed by atoms with Crippen molar-refractivity contribution >= 4 is 29.1 Å². The molecule has 0 spiro atoms. The van der Waals surface area contributed by atoms with Crippen LogP contribution in [0.15, 0.2) is 12.1 Å². The van der Waals surface area contributed by atoms with Crippen molar-refractivity contribution in [1.82, 2.24) is 0 Å². The molecule has 1 amide bonds. The molecule has 5 nitrogen and oxygen atoms in total. The summed E-state index contributed by atoms with van der Waals surface area (Å²) in [6, 6.07) is 3.26. The van der Waals surface area contributed by atoms with Gasteiger partial charge >= 0.3 is 0 Å². The predicted octanol–water partition coefficient (Wildman–Crippen LogP) is 3.09. The first-order chi connectivity index (χ1) is 10.1. The average molecular weight is 309 g/mol. The number of fused-ring (bicyclic) bond motifs is 1. The van der Waals surface area contributed by atoms with Gasteiger partial charge in [-0.15, -0.1) is 0 Å². The zero-order valence-corrected chi connectivity index (χ0v) is 13.0. The van der Waals surface area contributed by atoms with Gasteiger partial charge in [-0.25, -0.2) is 0 Å². The molecular formula is C15H19NO4S. The fourth-order valence-electron chi connectivity index (χ4n) is 1.93. The van der Waals surface area contributed by atoms with Gasteiger partial charge < -0.3 is 14.8 Å². The van der Waals surface area contributed by atoms with Crippen molar-refractivity contribution in [2.75, 3.05) is 23.6 Å². The van der Waals surface area contributed by atoms with E-state index in [0.717, 1.165) is 18.6 Å². The van der Waals surface area contributed by atoms with E-state index in [0.29, 0.717) is 28.5 Å². The van der Waals surface area contributed by atoms with Crippen LogP contribution in [0.2, 0.25) is 0 Å². The molecule has 0 bridgehead atoms. The van der Waals surface area contributed by atoms with Gasteiger partial charge in [0, 0.05) is 11.6 Å². The SMILES string of the molecule is CCCCSCC(=O)Nc1cc2c(cc1C(C)=O)OCO2. The Morgan fingerprint density at radius 3 is 2.67 bits per heavy atom. The largest absolute Gasteiger partial charge is 0.454 e. The minimum atomic E-state index is -0.123. The van der Waals surface area contributed by atoms with Crippen LogP contribution in [0.4, 0.5) is 5.69 Å². The van der Waals surface area contributed by atoms with Gasteiger partial charge in [-0.3, -0.25) is 9.59 Å². The van der Waals surface area contributed by atoms with E-state index in [9.17, 15) is 9.59 Å². The predicted molar refractivity (Wildman–Crippen MR) is 83.4 cm³/mol. The Balaban J connectivity index is 2.05. The maximum Gasteiger partial charge on any atom is 0.234 e. The molecule has 114 valence electrons. The Hall–Kier alpha value is -1.69. The van der Waals surface area contributed by atoms with E-state index >= 15 is 0 Å². The lowest BCUT2D eigenvalue weighted by atomic mass is 10.1. The highest BCUT2D eigenvalue weighted by Gasteiger charge is 2.20. The fraction of sp³-hybridized carbons (Fsp3) is 0.467. The summed E-state index contributed by atoms with van der Waals surface area (Å²) in [4.78, 5) is 23.6. The molecule has 0 saturated heterocycles. The van der Waals surface area contributed by atoms with Crippen LogP contribution in [-0.2, 0) is 4.79 Å². The molecule has 1 aromatic rings. The van der Waals surface area contributed by atoms with Gasteiger partial charge in [0.2, 0.25) is 12.7 Å². The third-order valence-electron chi connectivity index (χ3n) is 3.04. The minimum absolute atomic E-state index is 0.113. The van der Waals surface area contributed by atoms with E-state index in [2.05, 4.69) is 12.2 Å². The second-order valence-electron chi connectivity index (χ2n) is 4.76. The maximum absolute atomic E-state index is 11.9. The number of amides is 1. The molecule has 0 aliphatic carbocycles. The van der Waals surface area contributed by atoms with E-state index in [1.165, 1.54) is 6.92 Å². The molecule has 21 heavy (non-hydrogen) atoms. The second kappa shape index (κ2) is 7.36. The van der Waals surface area contributed by atoms with Crippen molar-refractivity contribution in [2.24, 2.45) is 0 Å². The second-order valence-corrected chi connectivity index (χ2v) is 5.87. The first kappa shape index (κ1) is 15.7. The van der Waals surface area contributed by atoms with Gasteiger partial charge in [0.25, 0.3) is 0 Å². The summed E-state index contributed by atoms with van der Waals surface area (Å²) in [5, 5.41) is 2.78. The number of ketones is 1. The summed E-state index contributed by atoms with van der Waals surface area (Å²) < 4.78 is 10.5. The van der Waals surface area contributed by atoms with E-state index in [-0.39, 0.29) is 18.5 Å². The first-order valence-corrected chi connectivity index (χ1v) is 8.09. The molecule has 1 aliphatic rings. The van der Waals surface area contributed by atoms with Crippen LogP contribution >= 0.6 is 11.8 Å². The quantitative estimate of drug-likeness (QED) is 0.619. The summed E-state index contributed by atoms with van der Waals surface area (Å²) in [6.07, 6.45) is 2.21. The lowest BCUT2D eigenvalue weighted by molar-refractivity contribution is -0.113. The highest BCUT2D eigenvalue weighted by Crippen LogP contribution is 2.37. The number of unbranched alkanes of at least 4 members (excludes halogenated alkanes) is 1. The first-order valence-electron chi connectivity index (χ1n) is 6.94. The van der Waals surface area contributed by atoms with E-state index in [1.807, 2.05) is 0 Å². The molecule has 2 rings (SSSR count). The van der Waals surface area contributed by atoms with Crippen molar-refractivity contribution < 1.29 is 19.1 Å². The van der Waals surface area contributed by atoms with Crippen LogP contribution in [0.1, 0.15) is 37.0 Å². The fourth-order valence-corrected chi connectivity index (χ4v) is 2.83. The monoisotopic (exact) mass is 309 g/mol. The number of anilines is 1. The van der Waals surface area contributed by atoms with Gasteiger partial charge in [-0.2, -0.15) is 11.8 Å². The maximum atomic E-state index is 11.9. The lowest BCUT2D eigenvalue weighted by Gasteiger charge is -2.10. The molecule has 0 fully saturated rings. The molecule has 0 aromatic heterocycles. The van der Waals surface area contributed by atoms with Crippen LogP contribution in [0.5, 0.6) is 11.5 Å². The van der Waals surface area contributed by atoms with E-state index < -0.39 is 0 Å². The highest BCUT2D eigenvalue weighted by molar-refractivity contribution is 7.99. The topological polar surface area (TPSA) is 64.6 Å². The van der Waals surface area contributed by atoms with Gasteiger partial charge in [-0.1, -0.05) is 13.3 Å². The minimum Gasteiger partial charge on any atom is -0.454 e. The number of ether oxygens (including phenoxy) is 2. The summed E-state index contributed by atoms with van der Waals surface area (Å²) >= 11 is 1.59. The summed E-state index contributed by atoms with van der Waals surface area (Å²) in [7, 11) is 0. The summed E-state index contributed by atoms with van der Waals surface area (Å²) in [5.41, 5.74) is 0.916. The van der Waals surface area contributed by atoms with Crippen LogP contribution in [0.25, 0.3) is 0 Å². The number of hydrogen-bond donors (Lipinski definition) is 1. The number of carbonyl (C=O) groups excluding carboxylic acids is 2. The zero-order valence-electron chi connectivity index (χ0n) is 12.2. The molecule has 1 aromatic carbocycles. The number of rotatable bonds is 7. The van der Waals surface area contributed by atoms with Crippen molar-refractivity contribution in [3.05, 3.63) is 17.7 Å².